The molecule has 3 aliphatic rings. The fourth-order valence-electron chi connectivity index (χ4n) is 9.52. The van der Waals surface area contributed by atoms with Gasteiger partial charge in [-0.15, -0.1) is 0 Å². The van der Waals surface area contributed by atoms with Gasteiger partial charge < -0.3 is 0 Å². The quantitative estimate of drug-likeness (QED) is 0.158. The van der Waals surface area contributed by atoms with E-state index in [2.05, 4.69) is 172 Å². The summed E-state index contributed by atoms with van der Waals surface area (Å²) in [5.74, 6) is 0. The Kier molecular flexibility index (Phi) is 7.78. The first kappa shape index (κ1) is 32.1. The molecule has 0 N–H and O–H groups in total. The van der Waals surface area contributed by atoms with Crippen LogP contribution in [0.15, 0.2) is 157 Å². The molecule has 6 aromatic carbocycles. The van der Waals surface area contributed by atoms with Crippen molar-refractivity contribution in [3.05, 3.63) is 190 Å². The number of benzene rings is 6. The Bertz CT molecular complexity index is 2290. The average molecular weight is 765 g/mol. The van der Waals surface area contributed by atoms with E-state index in [1.54, 1.807) is 0 Å². The van der Waals surface area contributed by atoms with Crippen molar-refractivity contribution in [2.24, 2.45) is 0 Å². The average Bonchev–Trinajstić information content (AvgIpc) is 3.86. The van der Waals surface area contributed by atoms with Crippen LogP contribution in [0.5, 0.6) is 0 Å². The minimum absolute atomic E-state index is 0.107. The predicted molar refractivity (Wildman–Crippen MR) is 213 cm³/mol. The first-order valence-electron chi connectivity index (χ1n) is 17.9. The molecule has 2 unspecified atom stereocenters. The molecule has 3 aliphatic carbocycles. The summed E-state index contributed by atoms with van der Waals surface area (Å²) in [5, 5.41) is 0. The third-order valence-electron chi connectivity index (χ3n) is 11.5. The van der Waals surface area contributed by atoms with Crippen molar-refractivity contribution in [2.45, 2.75) is 33.9 Å². The van der Waals surface area contributed by atoms with Crippen LogP contribution < -0.4 is 0 Å². The molecule has 6 aromatic rings. The Morgan fingerprint density at radius 3 is 1.18 bits per heavy atom. The maximum absolute atomic E-state index is 9.12. The van der Waals surface area contributed by atoms with Crippen LogP contribution in [0.2, 0.25) is 0 Å². The Labute approximate surface area is 303 Å². The van der Waals surface area contributed by atoms with Crippen molar-refractivity contribution in [3.8, 4) is 33.4 Å². The van der Waals surface area contributed by atoms with E-state index >= 15 is 0 Å². The van der Waals surface area contributed by atoms with Gasteiger partial charge in [0.1, 0.15) is 0 Å². The molecule has 0 amide bonds. The van der Waals surface area contributed by atoms with Crippen LogP contribution in [-0.2, 0) is 15.9 Å². The van der Waals surface area contributed by atoms with E-state index in [1.165, 1.54) is 81.1 Å². The summed E-state index contributed by atoms with van der Waals surface area (Å²) in [6.07, 6.45) is 6.64. The Morgan fingerprint density at radius 1 is 0.420 bits per heavy atom. The van der Waals surface area contributed by atoms with Crippen molar-refractivity contribution in [1.29, 1.82) is 0 Å². The zero-order valence-electron chi connectivity index (χ0n) is 28.3. The first-order valence-corrected chi connectivity index (χ1v) is 28.2. The van der Waals surface area contributed by atoms with Gasteiger partial charge in [0.2, 0.25) is 0 Å². The van der Waals surface area contributed by atoms with Crippen molar-refractivity contribution in [1.82, 2.24) is 0 Å². The van der Waals surface area contributed by atoms with Crippen LogP contribution in [0.3, 0.4) is 0 Å². The van der Waals surface area contributed by atoms with E-state index in [0.717, 1.165) is 12.8 Å². The van der Waals surface area contributed by atoms with Crippen LogP contribution >= 0.6 is 17.0 Å². The van der Waals surface area contributed by atoms with Gasteiger partial charge >= 0.3 is 306 Å². The van der Waals surface area contributed by atoms with Gasteiger partial charge in [0, 0.05) is 0 Å². The molecule has 0 heterocycles. The Hall–Kier alpha value is -3.87. The molecule has 0 radical (unpaired) electrons. The van der Waals surface area contributed by atoms with Crippen LogP contribution in [0.4, 0.5) is 0 Å². The van der Waals surface area contributed by atoms with E-state index in [-0.39, 0.29) is 7.25 Å². The number of hydrogen-bond donors (Lipinski definition) is 0. The molecule has 0 nitrogen and oxygen atoms in total. The Morgan fingerprint density at radius 2 is 0.780 bits per heavy atom. The topological polar surface area (TPSA) is 0 Å². The van der Waals surface area contributed by atoms with Gasteiger partial charge in [0.15, 0.2) is 0 Å². The van der Waals surface area contributed by atoms with E-state index in [9.17, 15) is 0 Å². The molecule has 0 aliphatic heterocycles. The summed E-state index contributed by atoms with van der Waals surface area (Å²) >= 11 is -5.59. The summed E-state index contributed by atoms with van der Waals surface area (Å²) in [5.41, 5.74) is 17.5. The SMILES string of the molecule is CCC1=Cc2c(-c3ccccc3)cccc2[CH]1[Zr]([Cl])([Cl])(=[C]1c2ccccc2-c2ccccc21)[CH]1C(CC)=Cc2c(-c3ccccc3)cccc21. The first-order chi connectivity index (χ1) is 24.4. The second kappa shape index (κ2) is 12.1. The Balaban J connectivity index is 1.44. The molecule has 0 fully saturated rings. The zero-order chi connectivity index (χ0) is 34.1. The van der Waals surface area contributed by atoms with Gasteiger partial charge in [-0.1, -0.05) is 0 Å². The predicted octanol–water partition coefficient (Wildman–Crippen LogP) is 13.7. The van der Waals surface area contributed by atoms with E-state index in [0.29, 0.717) is 0 Å². The molecule has 3 heteroatoms. The fourth-order valence-corrected chi connectivity index (χ4v) is 32.7. The molecule has 0 saturated carbocycles. The molecule has 2 atom stereocenters. The number of halogens is 2. The summed E-state index contributed by atoms with van der Waals surface area (Å²) in [6.45, 7) is 4.56. The third kappa shape index (κ3) is 4.56. The zero-order valence-corrected chi connectivity index (χ0v) is 32.3. The molecule has 0 saturated heterocycles. The standard InChI is InChI=1S/2C17H15.C13H8.2ClH.Zr/c2*1-2-13-11-15-9-6-10-16(17(15)12-13)14-7-4-3-5-8-14;1-3-7-12-10(5-1)9-11-6-2-4-8-13(11)12;;;/h2*3-12H,2H2,1H3;1-8H;2*1H;/q;;;;;+2/p-2. The van der Waals surface area contributed by atoms with Gasteiger partial charge in [-0.25, -0.2) is 0 Å². The summed E-state index contributed by atoms with van der Waals surface area (Å²) in [7, 11) is 18.2. The van der Waals surface area contributed by atoms with E-state index in [4.69, 9.17) is 17.0 Å². The summed E-state index contributed by atoms with van der Waals surface area (Å²) < 4.78 is 0.999. The van der Waals surface area contributed by atoms with Gasteiger partial charge in [0.05, 0.1) is 0 Å². The van der Waals surface area contributed by atoms with Crippen molar-refractivity contribution >= 4 is 32.4 Å². The number of hydrogen-bond acceptors (Lipinski definition) is 0. The van der Waals surface area contributed by atoms with Gasteiger partial charge in [0.25, 0.3) is 0 Å². The number of fused-ring (bicyclic) bond motifs is 5. The number of allylic oxidation sites excluding steroid dienone is 2. The summed E-state index contributed by atoms with van der Waals surface area (Å²) in [4.78, 5) is 0. The van der Waals surface area contributed by atoms with Crippen molar-refractivity contribution < 1.29 is 15.9 Å². The molecular formula is C47H38Cl2Zr. The van der Waals surface area contributed by atoms with Crippen molar-refractivity contribution in [2.75, 3.05) is 0 Å². The maximum atomic E-state index is 9.12. The van der Waals surface area contributed by atoms with Crippen LogP contribution in [0.25, 0.3) is 45.5 Å². The second-order valence-electron chi connectivity index (χ2n) is 14.0. The normalized spacial score (nSPS) is 17.5. The summed E-state index contributed by atoms with van der Waals surface area (Å²) in [6, 6.07) is 52.8. The third-order valence-corrected chi connectivity index (χ3v) is 31.1. The van der Waals surface area contributed by atoms with E-state index < -0.39 is 15.9 Å². The van der Waals surface area contributed by atoms with Crippen LogP contribution in [0, 0.1) is 0 Å². The van der Waals surface area contributed by atoms with E-state index in [1.807, 2.05) is 0 Å². The molecule has 0 bridgehead atoms. The molecule has 244 valence electrons. The molecule has 9 rings (SSSR count). The van der Waals surface area contributed by atoms with Gasteiger partial charge in [-0.05, 0) is 0 Å². The number of rotatable bonds is 6. The molecule has 50 heavy (non-hydrogen) atoms. The second-order valence-corrected chi connectivity index (χ2v) is 34.5. The van der Waals surface area contributed by atoms with Gasteiger partial charge in [-0.2, -0.15) is 0 Å². The van der Waals surface area contributed by atoms with Crippen LogP contribution in [-0.4, -0.2) is 3.21 Å². The minimum atomic E-state index is -5.59. The van der Waals surface area contributed by atoms with Crippen molar-refractivity contribution in [3.63, 3.8) is 0 Å². The molecule has 0 spiro atoms. The molecular weight excluding hydrogens is 727 g/mol. The molecule has 0 aromatic heterocycles. The van der Waals surface area contributed by atoms with Crippen LogP contribution in [0.1, 0.15) is 67.3 Å². The monoisotopic (exact) mass is 762 g/mol. The van der Waals surface area contributed by atoms with Gasteiger partial charge in [-0.3, -0.25) is 0 Å². The fraction of sp³-hybridized carbons (Fsp3) is 0.128.